The van der Waals surface area contributed by atoms with E-state index in [1.54, 1.807) is 12.1 Å². The molecule has 3 rings (SSSR count). The molecule has 0 aliphatic carbocycles. The van der Waals surface area contributed by atoms with Gasteiger partial charge in [0, 0.05) is 29.8 Å². The minimum atomic E-state index is -0.422. The average Bonchev–Trinajstić information content (AvgIpc) is 2.69. The molecule has 28 heavy (non-hydrogen) atoms. The molecule has 5 heteroatoms. The Labute approximate surface area is 164 Å². The fourth-order valence-corrected chi connectivity index (χ4v) is 3.00. The van der Waals surface area contributed by atoms with Gasteiger partial charge >= 0.3 is 0 Å². The molecule has 0 saturated heterocycles. The lowest BCUT2D eigenvalue weighted by Gasteiger charge is -2.20. The molecule has 1 N–H and O–H groups in total. The highest BCUT2D eigenvalue weighted by atomic mass is 16.6. The zero-order valence-corrected chi connectivity index (χ0v) is 15.9. The van der Waals surface area contributed by atoms with E-state index in [0.717, 1.165) is 16.8 Å². The summed E-state index contributed by atoms with van der Waals surface area (Å²) in [5, 5.41) is 14.5. The topological polar surface area (TPSA) is 72.2 Å². The summed E-state index contributed by atoms with van der Waals surface area (Å²) in [6.07, 6.45) is 0.193. The second-order valence-corrected chi connectivity index (χ2v) is 6.91. The van der Waals surface area contributed by atoms with E-state index in [0.29, 0.717) is 11.1 Å². The lowest BCUT2D eigenvalue weighted by Crippen LogP contribution is -2.16. The number of Topliss-reactive ketones (excluding diaryl/α,β-unsaturated/α-hetero) is 1. The quantitative estimate of drug-likeness (QED) is 0.330. The molecular formula is C23H22N2O3. The largest absolute Gasteiger partial charge is 0.378 e. The molecule has 3 aromatic carbocycles. The number of aryl methyl sites for hydroxylation is 2. The first-order chi connectivity index (χ1) is 13.4. The molecule has 142 valence electrons. The van der Waals surface area contributed by atoms with Gasteiger partial charge < -0.3 is 5.32 Å². The SMILES string of the molecule is Cc1ccc(NC(CC(=O)c2ccc(C)cc2)c2cccc([N+](=O)[O-])c2)cc1. The van der Waals surface area contributed by atoms with E-state index in [1.165, 1.54) is 12.1 Å². The van der Waals surface area contributed by atoms with Crippen LogP contribution in [0.1, 0.15) is 39.5 Å². The van der Waals surface area contributed by atoms with Crippen molar-refractivity contribution < 1.29 is 9.72 Å². The van der Waals surface area contributed by atoms with Crippen LogP contribution in [0.2, 0.25) is 0 Å². The van der Waals surface area contributed by atoms with Gasteiger partial charge in [-0.2, -0.15) is 0 Å². The standard InChI is InChI=1S/C23H22N2O3/c1-16-6-10-18(11-7-16)23(26)15-22(24-20-12-8-17(2)9-13-20)19-4-3-5-21(14-19)25(27)28/h3-14,22,24H,15H2,1-2H3. The number of hydrogen-bond donors (Lipinski definition) is 1. The van der Waals surface area contributed by atoms with Crippen LogP contribution >= 0.6 is 0 Å². The third kappa shape index (κ3) is 4.82. The maximum atomic E-state index is 12.8. The number of carbonyl (C=O) groups is 1. The summed E-state index contributed by atoms with van der Waals surface area (Å²) in [6.45, 7) is 3.97. The summed E-state index contributed by atoms with van der Waals surface area (Å²) in [4.78, 5) is 23.6. The van der Waals surface area contributed by atoms with Gasteiger partial charge in [-0.1, -0.05) is 59.7 Å². The average molecular weight is 374 g/mol. The minimum absolute atomic E-state index is 0.0102. The number of nitro groups is 1. The Kier molecular flexibility index (Phi) is 5.84. The number of anilines is 1. The number of benzene rings is 3. The van der Waals surface area contributed by atoms with Gasteiger partial charge in [-0.15, -0.1) is 0 Å². The predicted molar refractivity (Wildman–Crippen MR) is 111 cm³/mol. The summed E-state index contributed by atoms with van der Waals surface area (Å²) >= 11 is 0. The van der Waals surface area contributed by atoms with Crippen molar-refractivity contribution in [1.82, 2.24) is 0 Å². The maximum absolute atomic E-state index is 12.8. The normalized spacial score (nSPS) is 11.6. The Hall–Kier alpha value is -3.47. The molecule has 0 aromatic heterocycles. The minimum Gasteiger partial charge on any atom is -0.378 e. The van der Waals surface area contributed by atoms with Gasteiger partial charge in [0.05, 0.1) is 11.0 Å². The van der Waals surface area contributed by atoms with E-state index in [9.17, 15) is 14.9 Å². The molecular weight excluding hydrogens is 352 g/mol. The first-order valence-electron chi connectivity index (χ1n) is 9.10. The van der Waals surface area contributed by atoms with Crippen LogP contribution in [0, 0.1) is 24.0 Å². The Bertz CT molecular complexity index is 979. The third-order valence-electron chi connectivity index (χ3n) is 4.64. The fraction of sp³-hybridized carbons (Fsp3) is 0.174. The number of non-ortho nitro benzene ring substituents is 1. The van der Waals surface area contributed by atoms with Gasteiger partial charge in [0.25, 0.3) is 5.69 Å². The first kappa shape index (κ1) is 19.3. The number of hydrogen-bond acceptors (Lipinski definition) is 4. The lowest BCUT2D eigenvalue weighted by atomic mass is 9.96. The highest BCUT2D eigenvalue weighted by Crippen LogP contribution is 2.27. The Morgan fingerprint density at radius 2 is 1.57 bits per heavy atom. The fourth-order valence-electron chi connectivity index (χ4n) is 3.00. The van der Waals surface area contributed by atoms with Crippen LogP contribution in [-0.2, 0) is 0 Å². The number of rotatable bonds is 7. The molecule has 0 aliphatic rings. The van der Waals surface area contributed by atoms with Crippen molar-refractivity contribution >= 4 is 17.2 Å². The van der Waals surface area contributed by atoms with Gasteiger partial charge in [-0.3, -0.25) is 14.9 Å². The van der Waals surface area contributed by atoms with Crippen LogP contribution in [0.5, 0.6) is 0 Å². The summed E-state index contributed by atoms with van der Waals surface area (Å²) in [6, 6.07) is 21.3. The van der Waals surface area contributed by atoms with Crippen molar-refractivity contribution in [1.29, 1.82) is 0 Å². The summed E-state index contributed by atoms with van der Waals surface area (Å²) < 4.78 is 0. The summed E-state index contributed by atoms with van der Waals surface area (Å²) in [7, 11) is 0. The predicted octanol–water partition coefficient (Wildman–Crippen LogP) is 5.64. The molecule has 0 amide bonds. The molecule has 0 aliphatic heterocycles. The van der Waals surface area contributed by atoms with E-state index in [1.807, 2.05) is 62.4 Å². The van der Waals surface area contributed by atoms with Crippen molar-refractivity contribution in [2.45, 2.75) is 26.3 Å². The first-order valence-corrected chi connectivity index (χ1v) is 9.10. The smallest absolute Gasteiger partial charge is 0.269 e. The van der Waals surface area contributed by atoms with E-state index in [4.69, 9.17) is 0 Å². The van der Waals surface area contributed by atoms with Crippen LogP contribution in [0.4, 0.5) is 11.4 Å². The molecule has 0 spiro atoms. The highest BCUT2D eigenvalue weighted by Gasteiger charge is 2.19. The van der Waals surface area contributed by atoms with E-state index >= 15 is 0 Å². The molecule has 0 heterocycles. The monoisotopic (exact) mass is 374 g/mol. The van der Waals surface area contributed by atoms with Crippen molar-refractivity contribution in [3.8, 4) is 0 Å². The molecule has 1 atom stereocenters. The number of nitrogens with zero attached hydrogens (tertiary/aromatic N) is 1. The molecule has 5 nitrogen and oxygen atoms in total. The van der Waals surface area contributed by atoms with Crippen molar-refractivity contribution in [2.24, 2.45) is 0 Å². The number of nitro benzene ring substituents is 1. The van der Waals surface area contributed by atoms with Crippen molar-refractivity contribution in [3.05, 3.63) is 105 Å². The number of carbonyl (C=O) groups excluding carboxylic acids is 1. The van der Waals surface area contributed by atoms with Crippen molar-refractivity contribution in [3.63, 3.8) is 0 Å². The Balaban J connectivity index is 1.90. The number of nitrogens with one attached hydrogen (secondary N) is 1. The zero-order chi connectivity index (χ0) is 20.1. The van der Waals surface area contributed by atoms with Gasteiger partial charge in [0.2, 0.25) is 0 Å². The van der Waals surface area contributed by atoms with Gasteiger partial charge in [0.15, 0.2) is 5.78 Å². The molecule has 3 aromatic rings. The zero-order valence-electron chi connectivity index (χ0n) is 15.9. The Morgan fingerprint density at radius 1 is 0.964 bits per heavy atom. The van der Waals surface area contributed by atoms with Crippen LogP contribution in [0.25, 0.3) is 0 Å². The van der Waals surface area contributed by atoms with E-state index < -0.39 is 4.92 Å². The second kappa shape index (κ2) is 8.48. The molecule has 0 saturated carbocycles. The summed E-state index contributed by atoms with van der Waals surface area (Å²) in [5.41, 5.74) is 4.43. The molecule has 0 radical (unpaired) electrons. The van der Waals surface area contributed by atoms with Crippen LogP contribution < -0.4 is 5.32 Å². The van der Waals surface area contributed by atoms with Crippen LogP contribution in [0.15, 0.2) is 72.8 Å². The number of ketones is 1. The highest BCUT2D eigenvalue weighted by molar-refractivity contribution is 5.96. The molecule has 0 fully saturated rings. The van der Waals surface area contributed by atoms with E-state index in [-0.39, 0.29) is 23.9 Å². The van der Waals surface area contributed by atoms with Gasteiger partial charge in [-0.25, -0.2) is 0 Å². The van der Waals surface area contributed by atoms with E-state index in [2.05, 4.69) is 5.32 Å². The van der Waals surface area contributed by atoms with Gasteiger partial charge in [0.1, 0.15) is 0 Å². The summed E-state index contributed by atoms with van der Waals surface area (Å²) in [5.74, 6) is -0.0175. The Morgan fingerprint density at radius 3 is 2.18 bits per heavy atom. The lowest BCUT2D eigenvalue weighted by molar-refractivity contribution is -0.384. The van der Waals surface area contributed by atoms with Crippen LogP contribution in [-0.4, -0.2) is 10.7 Å². The molecule has 1 unspecified atom stereocenters. The van der Waals surface area contributed by atoms with Gasteiger partial charge in [-0.05, 0) is 31.5 Å². The van der Waals surface area contributed by atoms with Crippen molar-refractivity contribution in [2.75, 3.05) is 5.32 Å². The maximum Gasteiger partial charge on any atom is 0.269 e. The second-order valence-electron chi connectivity index (χ2n) is 6.91. The molecule has 0 bridgehead atoms. The van der Waals surface area contributed by atoms with Crippen LogP contribution in [0.3, 0.4) is 0 Å². The third-order valence-corrected chi connectivity index (χ3v) is 4.64.